The Morgan fingerprint density at radius 3 is 2.81 bits per heavy atom. The normalized spacial score (nSPS) is 21.3. The number of hydrogen-bond acceptors (Lipinski definition) is 3. The van der Waals surface area contributed by atoms with Crippen LogP contribution in [0.15, 0.2) is 24.3 Å². The van der Waals surface area contributed by atoms with Crippen molar-refractivity contribution in [2.24, 2.45) is 0 Å². The van der Waals surface area contributed by atoms with Gasteiger partial charge in [-0.2, -0.15) is 0 Å². The average Bonchev–Trinajstić information content (AvgIpc) is 2.97. The predicted octanol–water partition coefficient (Wildman–Crippen LogP) is 2.58. The summed E-state index contributed by atoms with van der Waals surface area (Å²) in [5.74, 6) is 1.04. The molecule has 1 saturated heterocycles. The Bertz CT molecular complexity index is 481. The number of para-hydroxylation sites is 1. The number of amides is 1. The summed E-state index contributed by atoms with van der Waals surface area (Å²) in [5, 5.41) is 3.44. The zero-order chi connectivity index (χ0) is 15.3. The van der Waals surface area contributed by atoms with E-state index in [0.717, 1.165) is 43.5 Å². The molecule has 1 aromatic carbocycles. The van der Waals surface area contributed by atoms with E-state index in [9.17, 15) is 4.79 Å². The number of methoxy groups -OCH3 is 1. The van der Waals surface area contributed by atoms with Crippen LogP contribution in [0.5, 0.6) is 5.75 Å². The van der Waals surface area contributed by atoms with Crippen LogP contribution in [0.3, 0.4) is 0 Å². The maximum atomic E-state index is 12.9. The van der Waals surface area contributed by atoms with Crippen LogP contribution in [-0.2, 0) is 11.3 Å². The Hall–Kier alpha value is -1.55. The summed E-state index contributed by atoms with van der Waals surface area (Å²) in [5.41, 5.74) is 0.686. The van der Waals surface area contributed by atoms with Crippen LogP contribution in [0.25, 0.3) is 0 Å². The van der Waals surface area contributed by atoms with Crippen LogP contribution in [0.1, 0.15) is 38.2 Å². The van der Waals surface area contributed by atoms with Crippen LogP contribution in [0.2, 0.25) is 0 Å². The highest BCUT2D eigenvalue weighted by Crippen LogP contribution is 2.28. The lowest BCUT2D eigenvalue weighted by Crippen LogP contribution is -2.53. The van der Waals surface area contributed by atoms with Gasteiger partial charge in [-0.15, -0.1) is 0 Å². The quantitative estimate of drug-likeness (QED) is 0.875. The van der Waals surface area contributed by atoms with E-state index < -0.39 is 0 Å². The smallest absolute Gasteiger partial charge is 0.242 e. The van der Waals surface area contributed by atoms with Gasteiger partial charge in [-0.05, 0) is 31.9 Å². The molecule has 1 N–H and O–H groups in total. The Morgan fingerprint density at radius 1 is 1.43 bits per heavy atom. The molecule has 4 heteroatoms. The van der Waals surface area contributed by atoms with Crippen molar-refractivity contribution in [1.82, 2.24) is 10.2 Å². The van der Waals surface area contributed by atoms with E-state index in [1.54, 1.807) is 7.11 Å². The fourth-order valence-corrected chi connectivity index (χ4v) is 3.26. The van der Waals surface area contributed by atoms with Crippen molar-refractivity contribution in [3.8, 4) is 5.75 Å². The molecular weight excluding hydrogens is 264 g/mol. The van der Waals surface area contributed by atoms with Gasteiger partial charge < -0.3 is 15.0 Å². The third-order valence-electron chi connectivity index (χ3n) is 4.28. The predicted molar refractivity (Wildman–Crippen MR) is 84.3 cm³/mol. The van der Waals surface area contributed by atoms with Crippen molar-refractivity contribution in [3.63, 3.8) is 0 Å². The summed E-state index contributed by atoms with van der Waals surface area (Å²) in [6, 6.07) is 7.87. The molecule has 0 bridgehead atoms. The van der Waals surface area contributed by atoms with Gasteiger partial charge in [0, 0.05) is 19.2 Å². The molecule has 1 heterocycles. The maximum Gasteiger partial charge on any atom is 0.242 e. The summed E-state index contributed by atoms with van der Waals surface area (Å²) >= 11 is 0. The minimum Gasteiger partial charge on any atom is -0.496 e. The second-order valence-electron chi connectivity index (χ2n) is 5.84. The second-order valence-corrected chi connectivity index (χ2v) is 5.84. The second kappa shape index (κ2) is 6.94. The molecule has 4 nitrogen and oxygen atoms in total. The van der Waals surface area contributed by atoms with Crippen molar-refractivity contribution < 1.29 is 9.53 Å². The third kappa shape index (κ3) is 3.38. The van der Waals surface area contributed by atoms with Gasteiger partial charge in [0.25, 0.3) is 0 Å². The van der Waals surface area contributed by atoms with Crippen LogP contribution >= 0.6 is 0 Å². The molecule has 1 amide bonds. The van der Waals surface area contributed by atoms with Crippen molar-refractivity contribution in [2.75, 3.05) is 20.7 Å². The van der Waals surface area contributed by atoms with Gasteiger partial charge in [0.05, 0.1) is 12.6 Å². The lowest BCUT2D eigenvalue weighted by molar-refractivity contribution is -0.137. The van der Waals surface area contributed by atoms with E-state index in [1.807, 2.05) is 36.2 Å². The summed E-state index contributed by atoms with van der Waals surface area (Å²) < 4.78 is 5.37. The Labute approximate surface area is 127 Å². The number of hydrogen-bond donors (Lipinski definition) is 1. The zero-order valence-corrected chi connectivity index (χ0v) is 13.3. The summed E-state index contributed by atoms with van der Waals surface area (Å²) in [4.78, 5) is 14.7. The lowest BCUT2D eigenvalue weighted by atomic mass is 9.90. The topological polar surface area (TPSA) is 41.6 Å². The monoisotopic (exact) mass is 290 g/mol. The number of benzene rings is 1. The molecule has 1 aromatic rings. The molecule has 1 aliphatic heterocycles. The number of nitrogens with one attached hydrogen (secondary N) is 1. The molecule has 0 radical (unpaired) electrons. The first-order valence-corrected chi connectivity index (χ1v) is 7.75. The zero-order valence-electron chi connectivity index (χ0n) is 13.3. The van der Waals surface area contributed by atoms with E-state index in [2.05, 4.69) is 12.2 Å². The van der Waals surface area contributed by atoms with E-state index in [1.165, 1.54) is 0 Å². The standard InChI is InChI=1S/C17H26N2O2/c1-4-10-17(11-7-12-18-17)16(20)19(2)13-14-8-5-6-9-15(14)21-3/h5-6,8-9,18H,4,7,10-13H2,1-3H3. The van der Waals surface area contributed by atoms with Gasteiger partial charge in [0.1, 0.15) is 5.75 Å². The minimum absolute atomic E-state index is 0.202. The summed E-state index contributed by atoms with van der Waals surface area (Å²) in [6.45, 7) is 3.65. The van der Waals surface area contributed by atoms with Crippen molar-refractivity contribution in [2.45, 2.75) is 44.7 Å². The number of ether oxygens (including phenoxy) is 1. The molecule has 0 aliphatic carbocycles. The van der Waals surface area contributed by atoms with E-state index >= 15 is 0 Å². The van der Waals surface area contributed by atoms with Gasteiger partial charge in [-0.3, -0.25) is 4.79 Å². The first-order valence-electron chi connectivity index (χ1n) is 7.75. The third-order valence-corrected chi connectivity index (χ3v) is 4.28. The van der Waals surface area contributed by atoms with E-state index in [4.69, 9.17) is 4.74 Å². The molecule has 1 fully saturated rings. The number of nitrogens with zero attached hydrogens (tertiary/aromatic N) is 1. The van der Waals surface area contributed by atoms with Crippen molar-refractivity contribution in [1.29, 1.82) is 0 Å². The molecule has 116 valence electrons. The van der Waals surface area contributed by atoms with Gasteiger partial charge in [0.15, 0.2) is 0 Å². The van der Waals surface area contributed by atoms with E-state index in [0.29, 0.717) is 6.54 Å². The SMILES string of the molecule is CCCC1(C(=O)N(C)Cc2ccccc2OC)CCCN1. The fraction of sp³-hybridized carbons (Fsp3) is 0.588. The molecule has 0 spiro atoms. The molecule has 2 rings (SSSR count). The van der Waals surface area contributed by atoms with Gasteiger partial charge in [0.2, 0.25) is 5.91 Å². The number of rotatable bonds is 6. The van der Waals surface area contributed by atoms with Crippen LogP contribution in [0.4, 0.5) is 0 Å². The molecule has 1 aliphatic rings. The van der Waals surface area contributed by atoms with Gasteiger partial charge >= 0.3 is 0 Å². The van der Waals surface area contributed by atoms with Gasteiger partial charge in [-0.1, -0.05) is 31.5 Å². The highest BCUT2D eigenvalue weighted by atomic mass is 16.5. The first-order chi connectivity index (χ1) is 10.1. The van der Waals surface area contributed by atoms with Crippen molar-refractivity contribution in [3.05, 3.63) is 29.8 Å². The van der Waals surface area contributed by atoms with E-state index in [-0.39, 0.29) is 11.4 Å². The molecular formula is C17H26N2O2. The molecule has 1 unspecified atom stereocenters. The minimum atomic E-state index is -0.356. The molecule has 0 saturated carbocycles. The highest BCUT2D eigenvalue weighted by Gasteiger charge is 2.41. The Morgan fingerprint density at radius 2 is 2.19 bits per heavy atom. The van der Waals surface area contributed by atoms with Crippen LogP contribution in [-0.4, -0.2) is 37.0 Å². The largest absolute Gasteiger partial charge is 0.496 e. The summed E-state index contributed by atoms with van der Waals surface area (Å²) in [6.07, 6.45) is 3.94. The first kappa shape index (κ1) is 15.8. The molecule has 1 atom stereocenters. The number of carbonyl (C=O) groups excluding carboxylic acids is 1. The van der Waals surface area contributed by atoms with Crippen LogP contribution < -0.4 is 10.1 Å². The molecule has 0 aromatic heterocycles. The van der Waals surface area contributed by atoms with Crippen LogP contribution in [0, 0.1) is 0 Å². The van der Waals surface area contributed by atoms with Gasteiger partial charge in [-0.25, -0.2) is 0 Å². The molecule has 21 heavy (non-hydrogen) atoms. The Kier molecular flexibility index (Phi) is 5.23. The Balaban J connectivity index is 2.11. The fourth-order valence-electron chi connectivity index (χ4n) is 3.26. The summed E-state index contributed by atoms with van der Waals surface area (Å²) in [7, 11) is 3.55. The highest BCUT2D eigenvalue weighted by molar-refractivity contribution is 5.86. The maximum absolute atomic E-state index is 12.9. The average molecular weight is 290 g/mol. The number of likely N-dealkylation sites (N-methyl/N-ethyl adjacent to an activating group) is 1. The van der Waals surface area contributed by atoms with Crippen molar-refractivity contribution >= 4 is 5.91 Å². The number of carbonyl (C=O) groups is 1. The lowest BCUT2D eigenvalue weighted by Gasteiger charge is -2.32.